The van der Waals surface area contributed by atoms with Crippen LogP contribution >= 0.6 is 11.8 Å². The first-order valence-corrected chi connectivity index (χ1v) is 9.33. The highest BCUT2D eigenvalue weighted by atomic mass is 32.2. The Bertz CT molecular complexity index is 963. The smallest absolute Gasteiger partial charge is 0.192 e. The Morgan fingerprint density at radius 2 is 1.88 bits per heavy atom. The van der Waals surface area contributed by atoms with E-state index in [9.17, 15) is 0 Å². The van der Waals surface area contributed by atoms with Gasteiger partial charge in [-0.25, -0.2) is 0 Å². The van der Waals surface area contributed by atoms with E-state index in [2.05, 4.69) is 50.9 Å². The Morgan fingerprint density at radius 1 is 1.00 bits per heavy atom. The van der Waals surface area contributed by atoms with Crippen LogP contribution in [-0.4, -0.2) is 19.7 Å². The van der Waals surface area contributed by atoms with Crippen LogP contribution in [0.3, 0.4) is 0 Å². The number of hydrogen-bond donors (Lipinski definition) is 0. The lowest BCUT2D eigenvalue weighted by Crippen LogP contribution is -2.04. The van der Waals surface area contributed by atoms with Crippen molar-refractivity contribution in [1.29, 1.82) is 0 Å². The molecule has 0 fully saturated rings. The maximum Gasteiger partial charge on any atom is 0.192 e. The maximum absolute atomic E-state index is 5.52. The van der Waals surface area contributed by atoms with Gasteiger partial charge in [0.05, 0.1) is 12.8 Å². The molecule has 0 amide bonds. The Morgan fingerprint density at radius 3 is 2.62 bits per heavy atom. The van der Waals surface area contributed by atoms with E-state index in [1.54, 1.807) is 24.2 Å². The predicted molar refractivity (Wildman–Crippen MR) is 102 cm³/mol. The van der Waals surface area contributed by atoms with Gasteiger partial charge < -0.3 is 4.42 Å². The van der Waals surface area contributed by atoms with Crippen LogP contribution in [0.5, 0.6) is 0 Å². The van der Waals surface area contributed by atoms with Gasteiger partial charge in [0.25, 0.3) is 0 Å². The number of furan rings is 1. The molecule has 0 saturated carbocycles. The van der Waals surface area contributed by atoms with Gasteiger partial charge in [-0.05, 0) is 36.8 Å². The molecule has 26 heavy (non-hydrogen) atoms. The molecule has 3 aromatic heterocycles. The van der Waals surface area contributed by atoms with Crippen LogP contribution in [0.4, 0.5) is 0 Å². The van der Waals surface area contributed by atoms with Gasteiger partial charge in [-0.15, -0.1) is 10.2 Å². The summed E-state index contributed by atoms with van der Waals surface area (Å²) in [6.45, 7) is 2.66. The van der Waals surface area contributed by atoms with Gasteiger partial charge in [0.1, 0.15) is 11.5 Å². The highest BCUT2D eigenvalue weighted by Gasteiger charge is 2.16. The Balaban J connectivity index is 1.63. The van der Waals surface area contributed by atoms with Gasteiger partial charge in [-0.1, -0.05) is 47.7 Å². The molecule has 6 heteroatoms. The predicted octanol–water partition coefficient (Wildman–Crippen LogP) is 4.58. The SMILES string of the molecule is Cc1ccc(CSc2nnc(-c3ccccn3)n2Cc2ccco2)cc1. The van der Waals surface area contributed by atoms with Crippen LogP contribution in [0, 0.1) is 6.92 Å². The van der Waals surface area contributed by atoms with E-state index in [0.717, 1.165) is 28.2 Å². The molecule has 0 atom stereocenters. The minimum Gasteiger partial charge on any atom is -0.467 e. The van der Waals surface area contributed by atoms with Gasteiger partial charge in [0.15, 0.2) is 11.0 Å². The number of pyridine rings is 1. The molecule has 0 aliphatic carbocycles. The maximum atomic E-state index is 5.52. The standard InChI is InChI=1S/C20H18N4OS/c1-15-7-9-16(10-8-15)14-26-20-23-22-19(18-6-2-3-11-21-18)24(20)13-17-5-4-12-25-17/h2-12H,13-14H2,1H3. The summed E-state index contributed by atoms with van der Waals surface area (Å²) in [7, 11) is 0. The van der Waals surface area contributed by atoms with Crippen molar-refractivity contribution in [3.8, 4) is 11.5 Å². The molecule has 0 N–H and O–H groups in total. The van der Waals surface area contributed by atoms with E-state index >= 15 is 0 Å². The van der Waals surface area contributed by atoms with Gasteiger partial charge >= 0.3 is 0 Å². The highest BCUT2D eigenvalue weighted by molar-refractivity contribution is 7.98. The van der Waals surface area contributed by atoms with Gasteiger partial charge in [0, 0.05) is 11.9 Å². The van der Waals surface area contributed by atoms with E-state index in [0.29, 0.717) is 6.54 Å². The van der Waals surface area contributed by atoms with Gasteiger partial charge in [0.2, 0.25) is 0 Å². The fraction of sp³-hybridized carbons (Fsp3) is 0.150. The quantitative estimate of drug-likeness (QED) is 0.470. The summed E-state index contributed by atoms with van der Waals surface area (Å²) in [6, 6.07) is 18.2. The van der Waals surface area contributed by atoms with E-state index in [-0.39, 0.29) is 0 Å². The molecule has 0 saturated heterocycles. The molecule has 0 radical (unpaired) electrons. The van der Waals surface area contributed by atoms with Crippen molar-refractivity contribution in [2.45, 2.75) is 24.4 Å². The van der Waals surface area contributed by atoms with Crippen molar-refractivity contribution in [3.05, 3.63) is 83.9 Å². The molecule has 0 bridgehead atoms. The summed E-state index contributed by atoms with van der Waals surface area (Å²) in [6.07, 6.45) is 3.44. The summed E-state index contributed by atoms with van der Waals surface area (Å²) in [5.41, 5.74) is 3.32. The van der Waals surface area contributed by atoms with Crippen LogP contribution in [0.1, 0.15) is 16.9 Å². The molecular weight excluding hydrogens is 344 g/mol. The second kappa shape index (κ2) is 7.58. The van der Waals surface area contributed by atoms with Crippen molar-refractivity contribution >= 4 is 11.8 Å². The van der Waals surface area contributed by atoms with Crippen LogP contribution in [0.2, 0.25) is 0 Å². The summed E-state index contributed by atoms with van der Waals surface area (Å²) >= 11 is 1.66. The minimum atomic E-state index is 0.572. The molecule has 0 unspecified atom stereocenters. The number of aryl methyl sites for hydroxylation is 1. The first kappa shape index (κ1) is 16.6. The summed E-state index contributed by atoms with van der Waals surface area (Å²) in [4.78, 5) is 4.42. The Labute approximate surface area is 156 Å². The molecule has 4 rings (SSSR count). The van der Waals surface area contributed by atoms with E-state index in [1.165, 1.54) is 11.1 Å². The normalized spacial score (nSPS) is 11.0. The third-order valence-electron chi connectivity index (χ3n) is 3.99. The minimum absolute atomic E-state index is 0.572. The van der Waals surface area contributed by atoms with Crippen molar-refractivity contribution < 1.29 is 4.42 Å². The zero-order chi connectivity index (χ0) is 17.8. The molecule has 1 aromatic carbocycles. The second-order valence-electron chi connectivity index (χ2n) is 5.96. The van der Waals surface area contributed by atoms with E-state index in [4.69, 9.17) is 4.42 Å². The van der Waals surface area contributed by atoms with Crippen LogP contribution in [-0.2, 0) is 12.3 Å². The first-order chi connectivity index (χ1) is 12.8. The molecule has 4 aromatic rings. The Hall–Kier alpha value is -2.86. The van der Waals surface area contributed by atoms with Crippen LogP contribution < -0.4 is 0 Å². The average molecular weight is 362 g/mol. The topological polar surface area (TPSA) is 56.7 Å². The molecule has 3 heterocycles. The number of hydrogen-bond acceptors (Lipinski definition) is 5. The third kappa shape index (κ3) is 3.70. The van der Waals surface area contributed by atoms with E-state index in [1.807, 2.05) is 30.3 Å². The van der Waals surface area contributed by atoms with E-state index < -0.39 is 0 Å². The van der Waals surface area contributed by atoms with Crippen molar-refractivity contribution in [2.75, 3.05) is 0 Å². The molecular formula is C20H18N4OS. The summed E-state index contributed by atoms with van der Waals surface area (Å²) in [5.74, 6) is 2.44. The lowest BCUT2D eigenvalue weighted by molar-refractivity contribution is 0.485. The lowest BCUT2D eigenvalue weighted by Gasteiger charge is -2.08. The zero-order valence-electron chi connectivity index (χ0n) is 14.4. The molecule has 5 nitrogen and oxygen atoms in total. The number of rotatable bonds is 6. The molecule has 130 valence electrons. The summed E-state index contributed by atoms with van der Waals surface area (Å²) in [5, 5.41) is 9.63. The van der Waals surface area contributed by atoms with Gasteiger partial charge in [-0.3, -0.25) is 9.55 Å². The highest BCUT2D eigenvalue weighted by Crippen LogP contribution is 2.26. The van der Waals surface area contributed by atoms with Crippen LogP contribution in [0.15, 0.2) is 76.6 Å². The lowest BCUT2D eigenvalue weighted by atomic mass is 10.2. The monoisotopic (exact) mass is 362 g/mol. The zero-order valence-corrected chi connectivity index (χ0v) is 15.2. The fourth-order valence-electron chi connectivity index (χ4n) is 2.61. The van der Waals surface area contributed by atoms with Crippen molar-refractivity contribution in [3.63, 3.8) is 0 Å². The Kier molecular flexibility index (Phi) is 4.84. The second-order valence-corrected chi connectivity index (χ2v) is 6.90. The molecule has 0 aliphatic rings. The number of thioether (sulfide) groups is 1. The molecule has 0 spiro atoms. The fourth-order valence-corrected chi connectivity index (χ4v) is 3.51. The third-order valence-corrected chi connectivity index (χ3v) is 5.03. The number of benzene rings is 1. The summed E-state index contributed by atoms with van der Waals surface area (Å²) < 4.78 is 7.58. The van der Waals surface area contributed by atoms with Crippen molar-refractivity contribution in [1.82, 2.24) is 19.7 Å². The number of aromatic nitrogens is 4. The van der Waals surface area contributed by atoms with Crippen LogP contribution in [0.25, 0.3) is 11.5 Å². The molecule has 0 aliphatic heterocycles. The number of nitrogens with zero attached hydrogens (tertiary/aromatic N) is 4. The van der Waals surface area contributed by atoms with Gasteiger partial charge in [-0.2, -0.15) is 0 Å². The first-order valence-electron chi connectivity index (χ1n) is 8.35. The van der Waals surface area contributed by atoms with Crippen molar-refractivity contribution in [2.24, 2.45) is 0 Å². The average Bonchev–Trinajstić information content (AvgIpc) is 3.33. The largest absolute Gasteiger partial charge is 0.467 e.